The van der Waals surface area contributed by atoms with Gasteiger partial charge in [-0.15, -0.1) is 0 Å². The lowest BCUT2D eigenvalue weighted by Crippen LogP contribution is -2.26. The molecule has 2 rings (SSSR count). The summed E-state index contributed by atoms with van der Waals surface area (Å²) in [6.45, 7) is 4.45. The van der Waals surface area contributed by atoms with Crippen LogP contribution >= 0.6 is 0 Å². The van der Waals surface area contributed by atoms with Crippen LogP contribution in [-0.4, -0.2) is 28.1 Å². The van der Waals surface area contributed by atoms with Crippen LogP contribution in [0.25, 0.3) is 17.0 Å². The molecule has 0 saturated carbocycles. The molecule has 130 valence electrons. The maximum atomic E-state index is 12.2. The van der Waals surface area contributed by atoms with Gasteiger partial charge in [-0.25, -0.2) is 0 Å². The Balaban J connectivity index is 2.33. The second-order valence-corrected chi connectivity index (χ2v) is 6.23. The number of nitriles is 1. The molecule has 6 nitrogen and oxygen atoms in total. The van der Waals surface area contributed by atoms with Gasteiger partial charge in [0.1, 0.15) is 18.2 Å². The smallest absolute Gasteiger partial charge is 0.323 e. The topological polar surface area (TPSA) is 95.1 Å². The van der Waals surface area contributed by atoms with Crippen molar-refractivity contribution >= 4 is 28.9 Å². The fourth-order valence-corrected chi connectivity index (χ4v) is 2.54. The van der Waals surface area contributed by atoms with Crippen molar-refractivity contribution in [2.24, 2.45) is 5.92 Å². The number of nitrogens with one attached hydrogen (secondary N) is 1. The van der Waals surface area contributed by atoms with Crippen LogP contribution in [0.4, 0.5) is 0 Å². The van der Waals surface area contributed by atoms with Crippen molar-refractivity contribution in [2.45, 2.75) is 26.8 Å². The quantitative estimate of drug-likeness (QED) is 0.599. The van der Waals surface area contributed by atoms with Crippen LogP contribution in [0, 0.1) is 17.2 Å². The molecule has 0 aliphatic carbocycles. The molecule has 1 amide bonds. The van der Waals surface area contributed by atoms with Crippen LogP contribution in [0.1, 0.15) is 25.8 Å². The summed E-state index contributed by atoms with van der Waals surface area (Å²) < 4.78 is 1.59. The van der Waals surface area contributed by atoms with E-state index in [1.165, 1.54) is 6.08 Å². The van der Waals surface area contributed by atoms with E-state index in [-0.39, 0.29) is 12.1 Å². The Morgan fingerprint density at radius 1 is 1.36 bits per heavy atom. The third kappa shape index (κ3) is 4.70. The van der Waals surface area contributed by atoms with E-state index in [0.29, 0.717) is 18.0 Å². The van der Waals surface area contributed by atoms with Gasteiger partial charge in [-0.05, 0) is 24.5 Å². The van der Waals surface area contributed by atoms with E-state index in [4.69, 9.17) is 5.11 Å². The summed E-state index contributed by atoms with van der Waals surface area (Å²) in [4.78, 5) is 23.2. The number of aromatic nitrogens is 1. The summed E-state index contributed by atoms with van der Waals surface area (Å²) in [5.41, 5.74) is 1.39. The minimum Gasteiger partial charge on any atom is -0.480 e. The highest BCUT2D eigenvalue weighted by Gasteiger charge is 2.13. The normalized spacial score (nSPS) is 11.5. The monoisotopic (exact) mass is 339 g/mol. The van der Waals surface area contributed by atoms with Crippen molar-refractivity contribution < 1.29 is 14.7 Å². The van der Waals surface area contributed by atoms with Crippen molar-refractivity contribution in [1.29, 1.82) is 5.26 Å². The van der Waals surface area contributed by atoms with Gasteiger partial charge in [0, 0.05) is 29.2 Å². The summed E-state index contributed by atoms with van der Waals surface area (Å²) >= 11 is 0. The molecular weight excluding hydrogens is 318 g/mol. The number of carboxylic acids is 1. The lowest BCUT2D eigenvalue weighted by Gasteiger charge is -2.06. The molecule has 0 saturated heterocycles. The maximum absolute atomic E-state index is 12.2. The number of aliphatic carboxylic acids is 1. The van der Waals surface area contributed by atoms with Crippen molar-refractivity contribution in [3.05, 3.63) is 41.6 Å². The van der Waals surface area contributed by atoms with Gasteiger partial charge in [0.15, 0.2) is 0 Å². The molecule has 0 fully saturated rings. The fourth-order valence-electron chi connectivity index (χ4n) is 2.54. The van der Waals surface area contributed by atoms with Crippen LogP contribution in [0.15, 0.2) is 36.0 Å². The molecule has 1 aromatic heterocycles. The van der Waals surface area contributed by atoms with Gasteiger partial charge in [0.2, 0.25) is 0 Å². The van der Waals surface area contributed by atoms with Gasteiger partial charge in [-0.3, -0.25) is 9.59 Å². The van der Waals surface area contributed by atoms with Gasteiger partial charge in [0.05, 0.1) is 0 Å². The molecule has 0 aliphatic heterocycles. The minimum absolute atomic E-state index is 0.00184. The largest absolute Gasteiger partial charge is 0.480 e. The molecule has 0 atom stereocenters. The number of para-hydroxylation sites is 1. The van der Waals surface area contributed by atoms with Gasteiger partial charge in [0.25, 0.3) is 5.91 Å². The lowest BCUT2D eigenvalue weighted by molar-refractivity contribution is -0.137. The predicted octanol–water partition coefficient (Wildman–Crippen LogP) is 2.80. The molecule has 2 N–H and O–H groups in total. The lowest BCUT2D eigenvalue weighted by atomic mass is 10.1. The number of amides is 1. The number of hydrogen-bond acceptors (Lipinski definition) is 3. The second-order valence-electron chi connectivity index (χ2n) is 6.23. The molecule has 0 bridgehead atoms. The molecule has 1 aromatic carbocycles. The number of rotatable bonds is 7. The van der Waals surface area contributed by atoms with Crippen molar-refractivity contribution in [3.63, 3.8) is 0 Å². The first-order valence-corrected chi connectivity index (χ1v) is 8.12. The SMILES string of the molecule is CC(C)CCNC(=O)C(C#N)=Cc1cn(CC(=O)O)c2ccccc12. The average Bonchev–Trinajstić information content (AvgIpc) is 2.89. The van der Waals surface area contributed by atoms with Gasteiger partial charge in [-0.2, -0.15) is 5.26 Å². The Labute approximate surface area is 146 Å². The summed E-state index contributed by atoms with van der Waals surface area (Å²) in [6, 6.07) is 9.23. The van der Waals surface area contributed by atoms with Crippen molar-refractivity contribution in [1.82, 2.24) is 9.88 Å². The number of fused-ring (bicyclic) bond motifs is 1. The van der Waals surface area contributed by atoms with Crippen LogP contribution in [0.2, 0.25) is 0 Å². The second kappa shape index (κ2) is 8.15. The van der Waals surface area contributed by atoms with Gasteiger partial charge < -0.3 is 15.0 Å². The zero-order chi connectivity index (χ0) is 18.4. The zero-order valence-electron chi connectivity index (χ0n) is 14.3. The molecule has 0 spiro atoms. The van der Waals surface area contributed by atoms with E-state index in [1.54, 1.807) is 10.8 Å². The van der Waals surface area contributed by atoms with Crippen LogP contribution in [-0.2, 0) is 16.1 Å². The molecule has 0 aliphatic rings. The van der Waals surface area contributed by atoms with Crippen molar-refractivity contribution in [2.75, 3.05) is 6.54 Å². The fraction of sp³-hybridized carbons (Fsp3) is 0.316. The first-order valence-electron chi connectivity index (χ1n) is 8.12. The number of nitrogens with zero attached hydrogens (tertiary/aromatic N) is 2. The van der Waals surface area contributed by atoms with Crippen LogP contribution in [0.3, 0.4) is 0 Å². The highest BCUT2D eigenvalue weighted by molar-refractivity contribution is 6.04. The first-order chi connectivity index (χ1) is 11.9. The Kier molecular flexibility index (Phi) is 5.96. The zero-order valence-corrected chi connectivity index (χ0v) is 14.3. The Morgan fingerprint density at radius 2 is 2.08 bits per heavy atom. The molecule has 2 aromatic rings. The number of hydrogen-bond donors (Lipinski definition) is 2. The number of carboxylic acid groups (broad SMARTS) is 1. The summed E-state index contributed by atoms with van der Waals surface area (Å²) in [5, 5.41) is 21.9. The van der Waals surface area contributed by atoms with E-state index in [0.717, 1.165) is 17.3 Å². The van der Waals surface area contributed by atoms with E-state index >= 15 is 0 Å². The van der Waals surface area contributed by atoms with E-state index in [1.807, 2.05) is 30.3 Å². The summed E-state index contributed by atoms with van der Waals surface area (Å²) in [7, 11) is 0. The number of carbonyl (C=O) groups excluding carboxylic acids is 1. The molecule has 1 heterocycles. The Hall–Kier alpha value is -3.07. The average molecular weight is 339 g/mol. The number of carbonyl (C=O) groups is 2. The molecule has 6 heteroatoms. The summed E-state index contributed by atoms with van der Waals surface area (Å²) in [5.74, 6) is -0.912. The molecule has 25 heavy (non-hydrogen) atoms. The molecular formula is C19H21N3O3. The third-order valence-corrected chi connectivity index (χ3v) is 3.80. The molecule has 0 unspecified atom stereocenters. The first kappa shape index (κ1) is 18.3. The maximum Gasteiger partial charge on any atom is 0.323 e. The van der Waals surface area contributed by atoms with Crippen molar-refractivity contribution in [3.8, 4) is 6.07 Å². The number of benzene rings is 1. The predicted molar refractivity (Wildman–Crippen MR) is 95.6 cm³/mol. The van der Waals surface area contributed by atoms with Gasteiger partial charge in [-0.1, -0.05) is 32.0 Å². The minimum atomic E-state index is -0.955. The van der Waals surface area contributed by atoms with E-state index in [9.17, 15) is 14.9 Å². The van der Waals surface area contributed by atoms with Crippen LogP contribution in [0.5, 0.6) is 0 Å². The molecule has 0 radical (unpaired) electrons. The van der Waals surface area contributed by atoms with E-state index < -0.39 is 11.9 Å². The Bertz CT molecular complexity index is 856. The Morgan fingerprint density at radius 3 is 2.72 bits per heavy atom. The van der Waals surface area contributed by atoms with Gasteiger partial charge >= 0.3 is 5.97 Å². The highest BCUT2D eigenvalue weighted by atomic mass is 16.4. The summed E-state index contributed by atoms with van der Waals surface area (Å²) in [6.07, 6.45) is 3.99. The highest BCUT2D eigenvalue weighted by Crippen LogP contribution is 2.23. The standard InChI is InChI=1S/C19H21N3O3/c1-13(2)7-8-21-19(25)14(10-20)9-15-11-22(12-18(23)24)17-6-4-3-5-16(15)17/h3-6,9,11,13H,7-8,12H2,1-2H3,(H,21,25)(H,23,24). The van der Waals surface area contributed by atoms with E-state index in [2.05, 4.69) is 19.2 Å². The van der Waals surface area contributed by atoms with Crippen LogP contribution < -0.4 is 5.32 Å². The third-order valence-electron chi connectivity index (χ3n) is 3.80.